The van der Waals surface area contributed by atoms with E-state index in [-0.39, 0.29) is 18.1 Å². The minimum atomic E-state index is -0.679. The molecule has 188 valence electrons. The van der Waals surface area contributed by atoms with E-state index in [0.717, 1.165) is 29.7 Å². The highest BCUT2D eigenvalue weighted by Crippen LogP contribution is 2.42. The van der Waals surface area contributed by atoms with E-state index in [1.54, 1.807) is 18.4 Å². The van der Waals surface area contributed by atoms with Crippen molar-refractivity contribution in [3.63, 3.8) is 0 Å². The lowest BCUT2D eigenvalue weighted by molar-refractivity contribution is 0.0538. The average Bonchev–Trinajstić information content (AvgIpc) is 3.50. The third kappa shape index (κ3) is 5.22. The van der Waals surface area contributed by atoms with E-state index in [2.05, 4.69) is 16.7 Å². The molecule has 3 aromatic rings. The Kier molecular flexibility index (Phi) is 6.80. The first-order chi connectivity index (χ1) is 17.0. The predicted octanol–water partition coefficient (Wildman–Crippen LogP) is 6.70. The van der Waals surface area contributed by atoms with Gasteiger partial charge in [-0.15, -0.1) is 0 Å². The number of Topliss-reactive ketones (excluding diaryl/α,β-unsaturated/α-hetero) is 1. The van der Waals surface area contributed by atoms with Crippen LogP contribution in [0.2, 0.25) is 0 Å². The highest BCUT2D eigenvalue weighted by Gasteiger charge is 2.34. The molecule has 0 amide bonds. The summed E-state index contributed by atoms with van der Waals surface area (Å²) in [5.41, 5.74) is 3.76. The minimum absolute atomic E-state index is 0.131. The number of carbonyl (C=O) groups is 2. The first-order valence-electron chi connectivity index (χ1n) is 12.1. The van der Waals surface area contributed by atoms with Crippen molar-refractivity contribution >= 4 is 28.6 Å². The fraction of sp³-hybridized carbons (Fsp3) is 0.393. The lowest BCUT2D eigenvalue weighted by atomic mass is 9.97. The van der Waals surface area contributed by atoms with Crippen LogP contribution < -0.4 is 0 Å². The van der Waals surface area contributed by atoms with Gasteiger partial charge in [-0.05, 0) is 78.2 Å². The van der Waals surface area contributed by atoms with Crippen molar-refractivity contribution in [2.24, 2.45) is 4.99 Å². The number of aliphatic imine (C=N–C) groups is 1. The quantitative estimate of drug-likeness (QED) is 0.271. The van der Waals surface area contributed by atoms with E-state index in [4.69, 9.17) is 14.2 Å². The zero-order chi connectivity index (χ0) is 26.2. The first-order valence-corrected chi connectivity index (χ1v) is 12.1. The molecule has 1 aliphatic carbocycles. The Morgan fingerprint density at radius 3 is 2.58 bits per heavy atom. The van der Waals surface area contributed by atoms with Crippen molar-refractivity contribution in [3.8, 4) is 11.1 Å². The summed E-state index contributed by atoms with van der Waals surface area (Å²) in [5, 5.41) is 4.07. The molecule has 0 radical (unpaired) electrons. The Hall–Kier alpha value is -3.81. The molecular formula is C28H32N4O4. The monoisotopic (exact) mass is 488 g/mol. The molecule has 1 fully saturated rings. The number of ketones is 1. The van der Waals surface area contributed by atoms with Crippen molar-refractivity contribution in [3.05, 3.63) is 59.9 Å². The van der Waals surface area contributed by atoms with Crippen LogP contribution in [-0.2, 0) is 4.74 Å². The topological polar surface area (TPSA) is 99.6 Å². The number of rotatable bonds is 7. The van der Waals surface area contributed by atoms with Crippen LogP contribution in [0, 0.1) is 13.8 Å². The van der Waals surface area contributed by atoms with Crippen LogP contribution in [0.5, 0.6) is 0 Å². The molecule has 36 heavy (non-hydrogen) atoms. The zero-order valence-electron chi connectivity index (χ0n) is 21.7. The molecule has 8 heteroatoms. The predicted molar refractivity (Wildman–Crippen MR) is 140 cm³/mol. The molecule has 1 aliphatic rings. The molecule has 0 spiro atoms. The van der Waals surface area contributed by atoms with E-state index in [0.29, 0.717) is 33.9 Å². The van der Waals surface area contributed by atoms with Crippen LogP contribution in [0.4, 0.5) is 4.79 Å². The van der Waals surface area contributed by atoms with Gasteiger partial charge in [-0.1, -0.05) is 17.8 Å². The number of imidazole rings is 1. The molecule has 2 aromatic heterocycles. The fourth-order valence-electron chi connectivity index (χ4n) is 4.05. The van der Waals surface area contributed by atoms with Crippen LogP contribution >= 0.6 is 0 Å². The number of aryl methyl sites for hydroxylation is 2. The Bertz CT molecular complexity index is 1390. The van der Waals surface area contributed by atoms with Crippen molar-refractivity contribution < 1.29 is 18.8 Å². The number of hydrogen-bond acceptors (Lipinski definition) is 7. The molecule has 0 saturated heterocycles. The second kappa shape index (κ2) is 9.68. The van der Waals surface area contributed by atoms with Gasteiger partial charge >= 0.3 is 6.09 Å². The Morgan fingerprint density at radius 2 is 2.00 bits per heavy atom. The third-order valence-electron chi connectivity index (χ3n) is 5.91. The van der Waals surface area contributed by atoms with Crippen LogP contribution in [0.3, 0.4) is 0 Å². The van der Waals surface area contributed by atoms with Crippen molar-refractivity contribution in [1.82, 2.24) is 14.7 Å². The number of allylic oxidation sites excluding steroid dienone is 2. The Morgan fingerprint density at radius 1 is 1.28 bits per heavy atom. The molecule has 0 aliphatic heterocycles. The molecule has 8 nitrogen and oxygen atoms in total. The lowest BCUT2D eigenvalue weighted by Crippen LogP contribution is -2.28. The van der Waals surface area contributed by atoms with Gasteiger partial charge in [0.25, 0.3) is 0 Å². The van der Waals surface area contributed by atoms with Gasteiger partial charge in [0.05, 0.1) is 11.2 Å². The number of hydrogen-bond donors (Lipinski definition) is 0. The number of benzene rings is 1. The average molecular weight is 489 g/mol. The van der Waals surface area contributed by atoms with Crippen molar-refractivity contribution in [2.45, 2.75) is 72.3 Å². The van der Waals surface area contributed by atoms with Crippen LogP contribution in [0.25, 0.3) is 22.2 Å². The van der Waals surface area contributed by atoms with Gasteiger partial charge in [-0.2, -0.15) is 0 Å². The summed E-state index contributed by atoms with van der Waals surface area (Å²) in [6, 6.07) is 3.68. The van der Waals surface area contributed by atoms with Crippen LogP contribution in [0.1, 0.15) is 80.5 Å². The standard InChI is InChI=1S/C28H32N4O4/c1-8-16(2)29-13-9-10-23(33)21-14-20(24-17(3)31-36-18(24)4)15-22-25(21)30-26(19-11-12-19)32(22)27(34)35-28(5,6)7/h8-9,13-15,19H,1,10-12H2,2-7H3/b13-9-,29-16?. The summed E-state index contributed by atoms with van der Waals surface area (Å²) in [7, 11) is 0. The molecule has 0 atom stereocenters. The zero-order valence-corrected chi connectivity index (χ0v) is 21.7. The van der Waals surface area contributed by atoms with E-state index in [9.17, 15) is 9.59 Å². The van der Waals surface area contributed by atoms with Gasteiger partial charge in [0.15, 0.2) is 5.78 Å². The van der Waals surface area contributed by atoms with Gasteiger partial charge in [0.1, 0.15) is 22.7 Å². The smallest absolute Gasteiger partial charge is 0.420 e. The van der Waals surface area contributed by atoms with E-state index >= 15 is 0 Å². The summed E-state index contributed by atoms with van der Waals surface area (Å²) >= 11 is 0. The Balaban J connectivity index is 1.90. The van der Waals surface area contributed by atoms with Crippen LogP contribution in [0.15, 0.2) is 46.6 Å². The van der Waals surface area contributed by atoms with Gasteiger partial charge < -0.3 is 9.26 Å². The number of nitrogens with zero attached hydrogens (tertiary/aromatic N) is 4. The summed E-state index contributed by atoms with van der Waals surface area (Å²) in [6.07, 6.45) is 6.45. The summed E-state index contributed by atoms with van der Waals surface area (Å²) < 4.78 is 12.7. The molecule has 0 N–H and O–H groups in total. The molecule has 1 saturated carbocycles. The second-order valence-electron chi connectivity index (χ2n) is 10.1. The molecule has 2 heterocycles. The lowest BCUT2D eigenvalue weighted by Gasteiger charge is -2.20. The maximum absolute atomic E-state index is 13.4. The van der Waals surface area contributed by atoms with Crippen molar-refractivity contribution in [2.75, 3.05) is 0 Å². The highest BCUT2D eigenvalue weighted by atomic mass is 16.6. The van der Waals surface area contributed by atoms with Crippen LogP contribution in [-0.4, -0.2) is 37.9 Å². The largest absolute Gasteiger partial charge is 0.443 e. The number of ether oxygens (including phenoxy) is 1. The van der Waals surface area contributed by atoms with Gasteiger partial charge in [0, 0.05) is 35.4 Å². The first kappa shape index (κ1) is 25.3. The molecular weight excluding hydrogens is 456 g/mol. The Labute approximate surface area is 210 Å². The summed E-state index contributed by atoms with van der Waals surface area (Å²) in [6.45, 7) is 14.7. The molecule has 0 unspecified atom stereocenters. The van der Waals surface area contributed by atoms with Gasteiger partial charge in [-0.3, -0.25) is 9.79 Å². The third-order valence-corrected chi connectivity index (χ3v) is 5.91. The molecule has 1 aromatic carbocycles. The SMILES string of the molecule is C=CC(C)=N/C=C\CC(=O)c1cc(-c2c(C)noc2C)cc2c1nc(C1CC1)n2C(=O)OC(C)(C)C. The molecule has 4 rings (SSSR count). The fourth-order valence-corrected chi connectivity index (χ4v) is 4.05. The van der Waals surface area contributed by atoms with Gasteiger partial charge in [0.2, 0.25) is 0 Å². The van der Waals surface area contributed by atoms with E-state index < -0.39 is 11.7 Å². The van der Waals surface area contributed by atoms with Gasteiger partial charge in [-0.25, -0.2) is 14.3 Å². The summed E-state index contributed by atoms with van der Waals surface area (Å²) in [5.74, 6) is 1.29. The van der Waals surface area contributed by atoms with Crippen molar-refractivity contribution in [1.29, 1.82) is 0 Å². The summed E-state index contributed by atoms with van der Waals surface area (Å²) in [4.78, 5) is 35.8. The molecule has 0 bridgehead atoms. The van der Waals surface area contributed by atoms with E-state index in [1.165, 1.54) is 4.57 Å². The second-order valence-corrected chi connectivity index (χ2v) is 10.1. The number of carbonyl (C=O) groups excluding carboxylic acids is 2. The number of aromatic nitrogens is 3. The van der Waals surface area contributed by atoms with E-state index in [1.807, 2.05) is 53.7 Å². The minimum Gasteiger partial charge on any atom is -0.443 e. The maximum Gasteiger partial charge on any atom is 0.420 e. The highest BCUT2D eigenvalue weighted by molar-refractivity contribution is 6.09. The normalized spacial score (nSPS) is 14.6. The number of fused-ring (bicyclic) bond motifs is 1. The maximum atomic E-state index is 13.4.